The second-order valence-corrected chi connectivity index (χ2v) is 3.90. The van der Waals surface area contributed by atoms with Crippen LogP contribution in [0.15, 0.2) is 12.4 Å². The van der Waals surface area contributed by atoms with Crippen LogP contribution in [0.4, 0.5) is 14.6 Å². The maximum absolute atomic E-state index is 12.8. The molecule has 1 fully saturated rings. The van der Waals surface area contributed by atoms with Gasteiger partial charge in [-0.25, -0.2) is 13.8 Å². The van der Waals surface area contributed by atoms with Crippen molar-refractivity contribution in [3.8, 4) is 0 Å². The van der Waals surface area contributed by atoms with Crippen molar-refractivity contribution in [2.24, 2.45) is 0 Å². The molecule has 1 aliphatic rings. The third-order valence-corrected chi connectivity index (χ3v) is 2.62. The molecule has 3 heterocycles. The number of nitrogens with zero attached hydrogens (tertiary/aromatic N) is 5. The van der Waals surface area contributed by atoms with E-state index in [1.165, 1.54) is 4.90 Å². The summed E-state index contributed by atoms with van der Waals surface area (Å²) in [6.07, 6.45) is 3.28. The van der Waals surface area contributed by atoms with E-state index >= 15 is 0 Å². The van der Waals surface area contributed by atoms with Gasteiger partial charge >= 0.3 is 0 Å². The van der Waals surface area contributed by atoms with Crippen molar-refractivity contribution in [3.05, 3.63) is 18.2 Å². The van der Waals surface area contributed by atoms with Gasteiger partial charge in [0.25, 0.3) is 5.92 Å². The second-order valence-electron chi connectivity index (χ2n) is 3.90. The molecule has 7 heteroatoms. The highest BCUT2D eigenvalue weighted by molar-refractivity contribution is 5.65. The number of hydrogen-bond donors (Lipinski definition) is 0. The van der Waals surface area contributed by atoms with E-state index in [4.69, 9.17) is 0 Å². The summed E-state index contributed by atoms with van der Waals surface area (Å²) in [4.78, 5) is 5.58. The van der Waals surface area contributed by atoms with E-state index in [1.807, 2.05) is 0 Å². The van der Waals surface area contributed by atoms with Gasteiger partial charge in [0.2, 0.25) is 5.65 Å². The number of aryl methyl sites for hydroxylation is 1. The third kappa shape index (κ3) is 1.24. The predicted molar refractivity (Wildman–Crippen MR) is 52.7 cm³/mol. The summed E-state index contributed by atoms with van der Waals surface area (Å²) < 4.78 is 27.3. The molecule has 1 aliphatic heterocycles. The topological polar surface area (TPSA) is 46.3 Å². The molecular formula is C9H9F2N5. The first kappa shape index (κ1) is 9.44. The molecule has 0 amide bonds. The third-order valence-electron chi connectivity index (χ3n) is 2.62. The van der Waals surface area contributed by atoms with Crippen molar-refractivity contribution < 1.29 is 8.78 Å². The van der Waals surface area contributed by atoms with Crippen LogP contribution in [-0.4, -0.2) is 38.6 Å². The first-order valence-corrected chi connectivity index (χ1v) is 4.86. The number of rotatable bonds is 1. The maximum atomic E-state index is 12.8. The van der Waals surface area contributed by atoms with Crippen molar-refractivity contribution in [2.75, 3.05) is 18.0 Å². The van der Waals surface area contributed by atoms with Crippen LogP contribution in [0.1, 0.15) is 5.82 Å². The Morgan fingerprint density at radius 3 is 2.75 bits per heavy atom. The average molecular weight is 225 g/mol. The van der Waals surface area contributed by atoms with Gasteiger partial charge in [0.1, 0.15) is 5.82 Å². The lowest BCUT2D eigenvalue weighted by molar-refractivity contribution is -0.0265. The fraction of sp³-hybridized carbons (Fsp3) is 0.444. The Balaban J connectivity index is 2.05. The smallest absolute Gasteiger partial charge is 0.282 e. The maximum Gasteiger partial charge on any atom is 0.282 e. The predicted octanol–water partition coefficient (Wildman–Crippen LogP) is 0.888. The Labute approximate surface area is 89.7 Å². The highest BCUT2D eigenvalue weighted by Gasteiger charge is 2.45. The normalized spacial score (nSPS) is 18.8. The molecule has 0 unspecified atom stereocenters. The molecule has 0 saturated carbocycles. The Morgan fingerprint density at radius 1 is 1.31 bits per heavy atom. The zero-order valence-corrected chi connectivity index (χ0v) is 8.56. The summed E-state index contributed by atoms with van der Waals surface area (Å²) in [7, 11) is 0. The summed E-state index contributed by atoms with van der Waals surface area (Å²) in [5.41, 5.74) is 0.524. The number of anilines is 1. The first-order valence-electron chi connectivity index (χ1n) is 4.86. The van der Waals surface area contributed by atoms with E-state index in [9.17, 15) is 8.78 Å². The van der Waals surface area contributed by atoms with Crippen LogP contribution in [0.3, 0.4) is 0 Å². The Hall–Kier alpha value is -1.79. The van der Waals surface area contributed by atoms with E-state index in [-0.39, 0.29) is 13.1 Å². The van der Waals surface area contributed by atoms with Gasteiger partial charge in [0.05, 0.1) is 13.1 Å². The molecule has 1 saturated heterocycles. The molecule has 0 aliphatic carbocycles. The van der Waals surface area contributed by atoms with Crippen LogP contribution in [0.2, 0.25) is 0 Å². The molecule has 2 aromatic heterocycles. The second kappa shape index (κ2) is 2.87. The standard InChI is InChI=1S/C9H9F2N5/c1-6-13-14-8-7(12-2-3-16(6)8)15-4-9(10,11)5-15/h2-3H,4-5H2,1H3. The molecule has 0 radical (unpaired) electrons. The van der Waals surface area contributed by atoms with Crippen LogP contribution in [0.5, 0.6) is 0 Å². The fourth-order valence-electron chi connectivity index (χ4n) is 1.81. The zero-order valence-electron chi connectivity index (χ0n) is 8.56. The van der Waals surface area contributed by atoms with Crippen LogP contribution >= 0.6 is 0 Å². The SMILES string of the molecule is Cc1nnc2c(N3CC(F)(F)C3)nccn12. The van der Waals surface area contributed by atoms with Crippen molar-refractivity contribution >= 4 is 11.5 Å². The molecule has 84 valence electrons. The molecule has 0 atom stereocenters. The minimum atomic E-state index is -2.61. The molecule has 0 bridgehead atoms. The van der Waals surface area contributed by atoms with E-state index in [0.29, 0.717) is 17.3 Å². The molecule has 0 aromatic carbocycles. The summed E-state index contributed by atoms with van der Waals surface area (Å²) in [6, 6.07) is 0. The van der Waals surface area contributed by atoms with Crippen molar-refractivity contribution in [3.63, 3.8) is 0 Å². The lowest BCUT2D eigenvalue weighted by atomic mass is 10.1. The number of halogens is 2. The van der Waals surface area contributed by atoms with Gasteiger partial charge in [-0.15, -0.1) is 10.2 Å². The van der Waals surface area contributed by atoms with Gasteiger partial charge in [-0.3, -0.25) is 4.40 Å². The summed E-state index contributed by atoms with van der Waals surface area (Å²) in [5.74, 6) is -1.43. The summed E-state index contributed by atoms with van der Waals surface area (Å²) >= 11 is 0. The van der Waals surface area contributed by atoms with Gasteiger partial charge in [-0.2, -0.15) is 0 Å². The van der Waals surface area contributed by atoms with Gasteiger partial charge in [0, 0.05) is 12.4 Å². The molecule has 2 aromatic rings. The van der Waals surface area contributed by atoms with Crippen molar-refractivity contribution in [1.82, 2.24) is 19.6 Å². The molecule has 5 nitrogen and oxygen atoms in total. The zero-order chi connectivity index (χ0) is 11.3. The van der Waals surface area contributed by atoms with Crippen LogP contribution in [0, 0.1) is 6.92 Å². The minimum absolute atomic E-state index is 0.300. The Bertz CT molecular complexity index is 542. The number of aromatic nitrogens is 4. The van der Waals surface area contributed by atoms with Crippen molar-refractivity contribution in [2.45, 2.75) is 12.8 Å². The lowest BCUT2D eigenvalue weighted by Crippen LogP contribution is -2.56. The summed E-state index contributed by atoms with van der Waals surface area (Å²) in [6.45, 7) is 1.20. The van der Waals surface area contributed by atoms with Gasteiger partial charge in [-0.1, -0.05) is 0 Å². The Kier molecular flexibility index (Phi) is 1.69. The highest BCUT2D eigenvalue weighted by atomic mass is 19.3. The van der Waals surface area contributed by atoms with Crippen LogP contribution in [-0.2, 0) is 0 Å². The summed E-state index contributed by atoms with van der Waals surface area (Å²) in [5, 5.41) is 7.83. The van der Waals surface area contributed by atoms with Crippen molar-refractivity contribution in [1.29, 1.82) is 0 Å². The quantitative estimate of drug-likeness (QED) is 0.723. The lowest BCUT2D eigenvalue weighted by Gasteiger charge is -2.39. The monoisotopic (exact) mass is 225 g/mol. The van der Waals surface area contributed by atoms with Gasteiger partial charge < -0.3 is 4.90 Å². The Morgan fingerprint density at radius 2 is 2.06 bits per heavy atom. The van der Waals surface area contributed by atoms with Gasteiger partial charge in [-0.05, 0) is 6.92 Å². The fourth-order valence-corrected chi connectivity index (χ4v) is 1.81. The molecule has 0 N–H and O–H groups in total. The van der Waals surface area contributed by atoms with Gasteiger partial charge in [0.15, 0.2) is 5.82 Å². The molecule has 0 spiro atoms. The number of hydrogen-bond acceptors (Lipinski definition) is 4. The average Bonchev–Trinajstić information content (AvgIpc) is 2.57. The molecular weight excluding hydrogens is 216 g/mol. The van der Waals surface area contributed by atoms with Crippen LogP contribution < -0.4 is 4.90 Å². The highest BCUT2D eigenvalue weighted by Crippen LogP contribution is 2.32. The van der Waals surface area contributed by atoms with E-state index < -0.39 is 5.92 Å². The molecule has 3 rings (SSSR count). The van der Waals surface area contributed by atoms with E-state index in [2.05, 4.69) is 15.2 Å². The van der Waals surface area contributed by atoms with E-state index in [1.54, 1.807) is 23.7 Å². The van der Waals surface area contributed by atoms with E-state index in [0.717, 1.165) is 0 Å². The minimum Gasteiger partial charge on any atom is -0.341 e. The number of alkyl halides is 2. The molecule has 16 heavy (non-hydrogen) atoms. The van der Waals surface area contributed by atoms with Crippen LogP contribution in [0.25, 0.3) is 5.65 Å². The largest absolute Gasteiger partial charge is 0.341 e. The first-order chi connectivity index (χ1) is 7.57. The number of fused-ring (bicyclic) bond motifs is 1.